The van der Waals surface area contributed by atoms with Crippen LogP contribution in [0.5, 0.6) is 0 Å². The molecule has 1 aromatic rings. The van der Waals surface area contributed by atoms with Gasteiger partial charge >= 0.3 is 0 Å². The van der Waals surface area contributed by atoms with Crippen molar-refractivity contribution in [2.45, 2.75) is 38.2 Å². The predicted octanol–water partition coefficient (Wildman–Crippen LogP) is 1.87. The third-order valence-corrected chi connectivity index (χ3v) is 3.69. The van der Waals surface area contributed by atoms with E-state index in [-0.39, 0.29) is 0 Å². The van der Waals surface area contributed by atoms with E-state index in [1.165, 1.54) is 0 Å². The highest BCUT2D eigenvalue weighted by atomic mass is 16.3. The largest absolute Gasteiger partial charge is 0.388 e. The SMILES string of the molecule is CNc1cncc(NCC2(O)CCC(C)CC2)n1. The van der Waals surface area contributed by atoms with Crippen LogP contribution in [0, 0.1) is 5.92 Å². The lowest BCUT2D eigenvalue weighted by atomic mass is 9.79. The van der Waals surface area contributed by atoms with Crippen LogP contribution in [-0.2, 0) is 0 Å². The predicted molar refractivity (Wildman–Crippen MR) is 72.7 cm³/mol. The van der Waals surface area contributed by atoms with Crippen LogP contribution < -0.4 is 10.6 Å². The number of nitrogens with zero attached hydrogens (tertiary/aromatic N) is 2. The van der Waals surface area contributed by atoms with Crippen molar-refractivity contribution in [3.05, 3.63) is 12.4 Å². The third kappa shape index (κ3) is 3.32. The molecule has 0 aliphatic heterocycles. The Bertz CT molecular complexity index is 388. The highest BCUT2D eigenvalue weighted by Crippen LogP contribution is 2.31. The normalized spacial score (nSPS) is 27.8. The quantitative estimate of drug-likeness (QED) is 0.761. The fraction of sp³-hybridized carbons (Fsp3) is 0.692. The number of aromatic nitrogens is 2. The van der Waals surface area contributed by atoms with Gasteiger partial charge in [-0.05, 0) is 31.6 Å². The van der Waals surface area contributed by atoms with E-state index >= 15 is 0 Å². The van der Waals surface area contributed by atoms with E-state index in [2.05, 4.69) is 27.5 Å². The molecule has 1 aliphatic rings. The fourth-order valence-corrected chi connectivity index (χ4v) is 2.30. The molecule has 1 aliphatic carbocycles. The second-order valence-electron chi connectivity index (χ2n) is 5.30. The van der Waals surface area contributed by atoms with E-state index in [9.17, 15) is 5.11 Å². The van der Waals surface area contributed by atoms with Crippen LogP contribution in [0.2, 0.25) is 0 Å². The summed E-state index contributed by atoms with van der Waals surface area (Å²) < 4.78 is 0. The average Bonchev–Trinajstić information content (AvgIpc) is 2.41. The molecule has 3 N–H and O–H groups in total. The smallest absolute Gasteiger partial charge is 0.147 e. The van der Waals surface area contributed by atoms with E-state index in [0.717, 1.165) is 37.4 Å². The summed E-state index contributed by atoms with van der Waals surface area (Å²) in [6.07, 6.45) is 7.26. The number of hydrogen-bond donors (Lipinski definition) is 3. The van der Waals surface area contributed by atoms with Crippen LogP contribution >= 0.6 is 0 Å². The first-order chi connectivity index (χ1) is 8.61. The number of rotatable bonds is 4. The summed E-state index contributed by atoms with van der Waals surface area (Å²) in [5.74, 6) is 2.16. The zero-order chi connectivity index (χ0) is 13.0. The van der Waals surface area contributed by atoms with E-state index in [1.807, 2.05) is 7.05 Å². The molecule has 2 rings (SSSR count). The van der Waals surface area contributed by atoms with Gasteiger partial charge in [0.1, 0.15) is 11.6 Å². The molecule has 0 radical (unpaired) electrons. The maximum atomic E-state index is 10.5. The van der Waals surface area contributed by atoms with Gasteiger partial charge in [0.25, 0.3) is 0 Å². The first-order valence-electron chi connectivity index (χ1n) is 6.57. The van der Waals surface area contributed by atoms with Gasteiger partial charge in [-0.25, -0.2) is 4.98 Å². The van der Waals surface area contributed by atoms with Gasteiger partial charge in [-0.2, -0.15) is 0 Å². The van der Waals surface area contributed by atoms with Crippen LogP contribution in [0.3, 0.4) is 0 Å². The van der Waals surface area contributed by atoms with E-state index in [4.69, 9.17) is 0 Å². The van der Waals surface area contributed by atoms with Crippen molar-refractivity contribution in [3.8, 4) is 0 Å². The fourth-order valence-electron chi connectivity index (χ4n) is 2.30. The van der Waals surface area contributed by atoms with Gasteiger partial charge in [0.15, 0.2) is 0 Å². The molecule has 0 unspecified atom stereocenters. The van der Waals surface area contributed by atoms with Crippen molar-refractivity contribution < 1.29 is 5.11 Å². The zero-order valence-electron chi connectivity index (χ0n) is 11.1. The minimum atomic E-state index is -0.593. The monoisotopic (exact) mass is 250 g/mol. The number of nitrogens with one attached hydrogen (secondary N) is 2. The highest BCUT2D eigenvalue weighted by Gasteiger charge is 2.31. The first-order valence-corrected chi connectivity index (χ1v) is 6.57. The van der Waals surface area contributed by atoms with Gasteiger partial charge in [-0.3, -0.25) is 4.98 Å². The molecular formula is C13H22N4O. The molecule has 0 aromatic carbocycles. The molecule has 100 valence electrons. The summed E-state index contributed by atoms with van der Waals surface area (Å²) in [5.41, 5.74) is -0.593. The van der Waals surface area contributed by atoms with Gasteiger partial charge < -0.3 is 15.7 Å². The Labute approximate surface area is 108 Å². The van der Waals surface area contributed by atoms with E-state index < -0.39 is 5.60 Å². The van der Waals surface area contributed by atoms with Crippen LogP contribution in [0.1, 0.15) is 32.6 Å². The van der Waals surface area contributed by atoms with Crippen molar-refractivity contribution in [2.24, 2.45) is 5.92 Å². The Kier molecular flexibility index (Phi) is 4.01. The third-order valence-electron chi connectivity index (χ3n) is 3.69. The summed E-state index contributed by atoms with van der Waals surface area (Å²) in [5, 5.41) is 16.6. The molecule has 1 fully saturated rings. The number of hydrogen-bond acceptors (Lipinski definition) is 5. The summed E-state index contributed by atoms with van der Waals surface area (Å²) >= 11 is 0. The molecule has 0 bridgehead atoms. The highest BCUT2D eigenvalue weighted by molar-refractivity contribution is 5.41. The lowest BCUT2D eigenvalue weighted by molar-refractivity contribution is 0.00494. The maximum Gasteiger partial charge on any atom is 0.147 e. The molecule has 18 heavy (non-hydrogen) atoms. The maximum absolute atomic E-state index is 10.5. The molecule has 1 aromatic heterocycles. The summed E-state index contributed by atoms with van der Waals surface area (Å²) in [6.45, 7) is 2.79. The standard InChI is InChI=1S/C13H22N4O/c1-10-3-5-13(18,6-4-10)9-16-12-8-15-7-11(14-2)17-12/h7-8,10,18H,3-6,9H2,1-2H3,(H2,14,16,17). The number of anilines is 2. The lowest BCUT2D eigenvalue weighted by Crippen LogP contribution is -2.40. The topological polar surface area (TPSA) is 70.1 Å². The van der Waals surface area contributed by atoms with Crippen LogP contribution in [0.15, 0.2) is 12.4 Å². The summed E-state index contributed by atoms with van der Waals surface area (Å²) in [7, 11) is 1.81. The van der Waals surface area contributed by atoms with Crippen LogP contribution in [0.25, 0.3) is 0 Å². The Morgan fingerprint density at radius 1 is 1.33 bits per heavy atom. The van der Waals surface area contributed by atoms with E-state index in [0.29, 0.717) is 12.4 Å². The zero-order valence-corrected chi connectivity index (χ0v) is 11.1. The van der Waals surface area contributed by atoms with Gasteiger partial charge in [0.05, 0.1) is 18.0 Å². The Morgan fingerprint density at radius 3 is 2.67 bits per heavy atom. The summed E-state index contributed by atoms with van der Waals surface area (Å²) in [6, 6.07) is 0. The van der Waals surface area contributed by atoms with Crippen molar-refractivity contribution >= 4 is 11.6 Å². The van der Waals surface area contributed by atoms with Gasteiger partial charge in [-0.15, -0.1) is 0 Å². The van der Waals surface area contributed by atoms with Crippen LogP contribution in [0.4, 0.5) is 11.6 Å². The molecular weight excluding hydrogens is 228 g/mol. The molecule has 5 heteroatoms. The van der Waals surface area contributed by atoms with Crippen LogP contribution in [-0.4, -0.2) is 34.3 Å². The van der Waals surface area contributed by atoms with Crippen molar-refractivity contribution in [1.82, 2.24) is 9.97 Å². The minimum Gasteiger partial charge on any atom is -0.388 e. The molecule has 1 heterocycles. The van der Waals surface area contributed by atoms with Gasteiger partial charge in [0, 0.05) is 13.6 Å². The second kappa shape index (κ2) is 5.52. The van der Waals surface area contributed by atoms with Gasteiger partial charge in [0.2, 0.25) is 0 Å². The molecule has 5 nitrogen and oxygen atoms in total. The lowest BCUT2D eigenvalue weighted by Gasteiger charge is -2.35. The Hall–Kier alpha value is -1.36. The molecule has 0 atom stereocenters. The molecule has 0 amide bonds. The molecule has 0 spiro atoms. The minimum absolute atomic E-state index is 0.543. The van der Waals surface area contributed by atoms with Crippen molar-refractivity contribution in [3.63, 3.8) is 0 Å². The van der Waals surface area contributed by atoms with E-state index in [1.54, 1.807) is 12.4 Å². The van der Waals surface area contributed by atoms with Gasteiger partial charge in [-0.1, -0.05) is 6.92 Å². The Morgan fingerprint density at radius 2 is 2.00 bits per heavy atom. The van der Waals surface area contributed by atoms with Crippen molar-refractivity contribution in [2.75, 3.05) is 24.2 Å². The Balaban J connectivity index is 1.90. The summed E-state index contributed by atoms with van der Waals surface area (Å²) in [4.78, 5) is 8.41. The second-order valence-corrected chi connectivity index (χ2v) is 5.30. The molecule has 0 saturated heterocycles. The molecule has 1 saturated carbocycles. The average molecular weight is 250 g/mol. The number of aliphatic hydroxyl groups is 1. The van der Waals surface area contributed by atoms with Crippen molar-refractivity contribution in [1.29, 1.82) is 0 Å². The first kappa shape index (κ1) is 13.1.